The molecule has 160 valence electrons. The smallest absolute Gasteiger partial charge is 0.249 e. The zero-order valence-electron chi connectivity index (χ0n) is 18.8. The standard InChI is InChI=1S/C26H25N5O/c1-26(2,16-27)21-7-9-28-23(15-21)22-8-10-29-24(30-22)12-17-5-6-18-13-20(14-19(18)11-17)25(32)31(3)4/h5-11,13,15H,12,14H2,1-4H3. The Kier molecular flexibility index (Phi) is 5.58. The minimum atomic E-state index is -0.598. The highest BCUT2D eigenvalue weighted by atomic mass is 16.2. The molecular weight excluding hydrogens is 398 g/mol. The van der Waals surface area contributed by atoms with E-state index in [1.165, 1.54) is 0 Å². The molecule has 1 aliphatic rings. The first-order chi connectivity index (χ1) is 15.3. The number of nitriles is 1. The van der Waals surface area contributed by atoms with Crippen LogP contribution in [0.3, 0.4) is 0 Å². The van der Waals surface area contributed by atoms with Gasteiger partial charge in [-0.2, -0.15) is 5.26 Å². The largest absolute Gasteiger partial charge is 0.345 e. The van der Waals surface area contributed by atoms with Crippen LogP contribution in [0.15, 0.2) is 54.4 Å². The van der Waals surface area contributed by atoms with Gasteiger partial charge < -0.3 is 4.90 Å². The van der Waals surface area contributed by atoms with Crippen LogP contribution in [-0.2, 0) is 23.1 Å². The molecule has 0 N–H and O–H groups in total. The monoisotopic (exact) mass is 423 g/mol. The molecule has 0 unspecified atom stereocenters. The Morgan fingerprint density at radius 3 is 2.62 bits per heavy atom. The number of rotatable bonds is 5. The van der Waals surface area contributed by atoms with Gasteiger partial charge in [0.15, 0.2) is 0 Å². The Labute approximate surface area is 188 Å². The van der Waals surface area contributed by atoms with E-state index in [0.29, 0.717) is 18.7 Å². The molecule has 1 aliphatic carbocycles. The lowest BCUT2D eigenvalue weighted by molar-refractivity contribution is -0.124. The van der Waals surface area contributed by atoms with Crippen molar-refractivity contribution in [2.24, 2.45) is 0 Å². The maximum Gasteiger partial charge on any atom is 0.249 e. The summed E-state index contributed by atoms with van der Waals surface area (Å²) in [6, 6.07) is 14.2. The van der Waals surface area contributed by atoms with Crippen LogP contribution in [0, 0.1) is 11.3 Å². The zero-order chi connectivity index (χ0) is 22.9. The average Bonchev–Trinajstić information content (AvgIpc) is 3.22. The van der Waals surface area contributed by atoms with E-state index in [1.54, 1.807) is 31.4 Å². The van der Waals surface area contributed by atoms with Crippen molar-refractivity contribution >= 4 is 12.0 Å². The maximum absolute atomic E-state index is 12.3. The van der Waals surface area contributed by atoms with Crippen molar-refractivity contribution < 1.29 is 4.79 Å². The van der Waals surface area contributed by atoms with Crippen molar-refractivity contribution in [1.29, 1.82) is 5.26 Å². The van der Waals surface area contributed by atoms with Crippen molar-refractivity contribution in [3.05, 3.63) is 82.4 Å². The number of nitrogens with zero attached hydrogens (tertiary/aromatic N) is 5. The molecule has 1 aromatic carbocycles. The summed E-state index contributed by atoms with van der Waals surface area (Å²) in [6.07, 6.45) is 6.66. The maximum atomic E-state index is 12.3. The lowest BCUT2D eigenvalue weighted by atomic mass is 9.86. The minimum absolute atomic E-state index is 0.0492. The molecule has 0 radical (unpaired) electrons. The minimum Gasteiger partial charge on any atom is -0.345 e. The van der Waals surface area contributed by atoms with Crippen LogP contribution in [0.1, 0.15) is 41.9 Å². The third-order valence-corrected chi connectivity index (χ3v) is 5.69. The normalized spacial score (nSPS) is 12.7. The number of carbonyl (C=O) groups excluding carboxylic acids is 1. The summed E-state index contributed by atoms with van der Waals surface area (Å²) >= 11 is 0. The number of likely N-dealkylation sites (N-methyl/N-ethyl adjacent to an activating group) is 1. The summed E-state index contributed by atoms with van der Waals surface area (Å²) < 4.78 is 0. The number of aromatic nitrogens is 3. The van der Waals surface area contributed by atoms with Crippen LogP contribution < -0.4 is 0 Å². The highest BCUT2D eigenvalue weighted by molar-refractivity contribution is 6.00. The van der Waals surface area contributed by atoms with E-state index < -0.39 is 5.41 Å². The van der Waals surface area contributed by atoms with Gasteiger partial charge in [0.25, 0.3) is 0 Å². The lowest BCUT2D eigenvalue weighted by Gasteiger charge is -2.16. The van der Waals surface area contributed by atoms with E-state index in [9.17, 15) is 10.1 Å². The molecule has 1 amide bonds. The van der Waals surface area contributed by atoms with Crippen molar-refractivity contribution in [1.82, 2.24) is 19.9 Å². The van der Waals surface area contributed by atoms with Gasteiger partial charge in [-0.05, 0) is 60.4 Å². The van der Waals surface area contributed by atoms with Crippen LogP contribution in [0.5, 0.6) is 0 Å². The highest BCUT2D eigenvalue weighted by Crippen LogP contribution is 2.28. The van der Waals surface area contributed by atoms with Crippen LogP contribution in [0.25, 0.3) is 17.5 Å². The third kappa shape index (κ3) is 4.28. The van der Waals surface area contributed by atoms with Gasteiger partial charge in [-0.25, -0.2) is 9.97 Å². The van der Waals surface area contributed by atoms with Gasteiger partial charge in [-0.1, -0.05) is 18.2 Å². The SMILES string of the molecule is CN(C)C(=O)C1=Cc2ccc(Cc3nccc(-c4cc(C(C)(C)C#N)ccn4)n3)cc2C1. The molecule has 0 spiro atoms. The fraction of sp³-hybridized carbons (Fsp3) is 0.269. The Morgan fingerprint density at radius 1 is 1.09 bits per heavy atom. The van der Waals surface area contributed by atoms with Crippen molar-refractivity contribution in [2.45, 2.75) is 32.1 Å². The molecule has 2 aromatic heterocycles. The summed E-state index contributed by atoms with van der Waals surface area (Å²) in [7, 11) is 3.54. The second kappa shape index (κ2) is 8.35. The van der Waals surface area contributed by atoms with Crippen molar-refractivity contribution in [3.63, 3.8) is 0 Å². The predicted octanol–water partition coefficient (Wildman–Crippen LogP) is 3.96. The number of hydrogen-bond acceptors (Lipinski definition) is 5. The molecule has 6 heteroatoms. The molecule has 32 heavy (non-hydrogen) atoms. The van der Waals surface area contributed by atoms with Crippen LogP contribution in [0.4, 0.5) is 0 Å². The van der Waals surface area contributed by atoms with E-state index in [2.05, 4.69) is 34.2 Å². The Hall–Kier alpha value is -3.85. The first-order valence-electron chi connectivity index (χ1n) is 10.5. The van der Waals surface area contributed by atoms with Gasteiger partial charge in [0.1, 0.15) is 5.82 Å². The molecular formula is C26H25N5O. The molecule has 4 rings (SSSR count). The highest BCUT2D eigenvalue weighted by Gasteiger charge is 2.21. The van der Waals surface area contributed by atoms with E-state index >= 15 is 0 Å². The van der Waals surface area contributed by atoms with Crippen molar-refractivity contribution in [2.75, 3.05) is 14.1 Å². The molecule has 0 saturated carbocycles. The number of benzene rings is 1. The molecule has 3 aromatic rings. The lowest BCUT2D eigenvalue weighted by Crippen LogP contribution is -2.23. The van der Waals surface area contributed by atoms with E-state index in [-0.39, 0.29) is 5.91 Å². The van der Waals surface area contributed by atoms with E-state index in [1.807, 2.05) is 38.1 Å². The summed E-state index contributed by atoms with van der Waals surface area (Å²) in [4.78, 5) is 27.5. The number of carbonyl (C=O) groups is 1. The molecule has 2 heterocycles. The fourth-order valence-corrected chi connectivity index (χ4v) is 3.76. The zero-order valence-corrected chi connectivity index (χ0v) is 18.8. The van der Waals surface area contributed by atoms with Crippen LogP contribution >= 0.6 is 0 Å². The average molecular weight is 424 g/mol. The quantitative estimate of drug-likeness (QED) is 0.620. The first-order valence-corrected chi connectivity index (χ1v) is 10.5. The van der Waals surface area contributed by atoms with E-state index in [4.69, 9.17) is 4.98 Å². The summed E-state index contributed by atoms with van der Waals surface area (Å²) in [5, 5.41) is 9.44. The fourth-order valence-electron chi connectivity index (χ4n) is 3.76. The number of fused-ring (bicyclic) bond motifs is 1. The topological polar surface area (TPSA) is 82.8 Å². The van der Waals surface area contributed by atoms with Crippen LogP contribution in [-0.4, -0.2) is 39.9 Å². The van der Waals surface area contributed by atoms with Gasteiger partial charge in [-0.3, -0.25) is 9.78 Å². The summed E-state index contributed by atoms with van der Waals surface area (Å²) in [6.45, 7) is 3.77. The molecule has 0 aliphatic heterocycles. The molecule has 0 bridgehead atoms. The predicted molar refractivity (Wildman–Crippen MR) is 124 cm³/mol. The Bertz CT molecular complexity index is 1270. The number of hydrogen-bond donors (Lipinski definition) is 0. The number of pyridine rings is 1. The Balaban J connectivity index is 1.55. The van der Waals surface area contributed by atoms with Gasteiger partial charge in [0.05, 0.1) is 22.9 Å². The van der Waals surface area contributed by atoms with Gasteiger partial charge >= 0.3 is 0 Å². The van der Waals surface area contributed by atoms with Gasteiger partial charge in [0.2, 0.25) is 5.91 Å². The Morgan fingerprint density at radius 2 is 1.88 bits per heavy atom. The molecule has 0 saturated heterocycles. The van der Waals surface area contributed by atoms with Gasteiger partial charge in [0, 0.05) is 44.9 Å². The van der Waals surface area contributed by atoms with E-state index in [0.717, 1.165) is 39.2 Å². The van der Waals surface area contributed by atoms with Crippen molar-refractivity contribution in [3.8, 4) is 17.5 Å². The first kappa shape index (κ1) is 21.4. The summed E-state index contributed by atoms with van der Waals surface area (Å²) in [5.41, 5.74) is 5.91. The van der Waals surface area contributed by atoms with Gasteiger partial charge in [-0.15, -0.1) is 0 Å². The molecule has 0 fully saturated rings. The number of amides is 1. The molecule has 6 nitrogen and oxygen atoms in total. The second-order valence-electron chi connectivity index (χ2n) is 8.78. The molecule has 0 atom stereocenters. The second-order valence-corrected chi connectivity index (χ2v) is 8.78. The third-order valence-electron chi connectivity index (χ3n) is 5.69. The van der Waals surface area contributed by atoms with Crippen LogP contribution in [0.2, 0.25) is 0 Å². The summed E-state index contributed by atoms with van der Waals surface area (Å²) in [5.74, 6) is 0.748.